The molecule has 1 rings (SSSR count). The average Bonchev–Trinajstić information content (AvgIpc) is 3.16. The van der Waals surface area contributed by atoms with Crippen molar-refractivity contribution < 1.29 is 0 Å². The highest BCUT2D eigenvalue weighted by Gasteiger charge is 2.38. The number of unbranched alkanes of at least 4 members (excludes halogenated alkanes) is 27. The highest BCUT2D eigenvalue weighted by atomic mass is 28.3. The Morgan fingerprint density at radius 1 is 0.500 bits per heavy atom. The van der Waals surface area contributed by atoms with Crippen molar-refractivity contribution in [3.63, 3.8) is 0 Å². The second-order valence-corrected chi connectivity index (χ2v) is 22.8. The first-order valence-electron chi connectivity index (χ1n) is 23.9. The van der Waals surface area contributed by atoms with Crippen LogP contribution in [0.15, 0.2) is 12.1 Å². The molecule has 0 aliphatic heterocycles. The zero-order valence-corrected chi connectivity index (χ0v) is 38.2. The van der Waals surface area contributed by atoms with Crippen molar-refractivity contribution in [1.29, 1.82) is 5.26 Å². The smallest absolute Gasteiger partial charge is 0.143 e. The van der Waals surface area contributed by atoms with Crippen LogP contribution in [-0.2, 0) is 12.8 Å². The number of hydrogen-bond acceptors (Lipinski definition) is 1. The fraction of sp³-hybridized carbons (Fsp3) is 0.788. The lowest BCUT2D eigenvalue weighted by Crippen LogP contribution is -2.40. The summed E-state index contributed by atoms with van der Waals surface area (Å²) in [6, 6.07) is 8.25. The van der Waals surface area contributed by atoms with Gasteiger partial charge in [-0.15, -0.1) is 12.0 Å². The summed E-state index contributed by atoms with van der Waals surface area (Å²) in [6.07, 6.45) is 48.7. The number of hydrogen-bond donors (Lipinski definition) is 0. The third-order valence-corrected chi connectivity index (χ3v) is 18.3. The second-order valence-electron chi connectivity index (χ2n) is 17.6. The molecule has 0 atom stereocenters. The zero-order chi connectivity index (χ0) is 39.5. The summed E-state index contributed by atoms with van der Waals surface area (Å²) in [5, 5.41) is 9.30. The molecule has 0 amide bonds. The molecule has 306 valence electrons. The topological polar surface area (TPSA) is 23.8 Å². The van der Waals surface area contributed by atoms with Crippen LogP contribution in [0, 0.1) is 35.1 Å². The summed E-state index contributed by atoms with van der Waals surface area (Å²) in [7, 11) is -1.92. The van der Waals surface area contributed by atoms with Crippen molar-refractivity contribution in [3.8, 4) is 29.9 Å². The van der Waals surface area contributed by atoms with Gasteiger partial charge < -0.3 is 0 Å². The van der Waals surface area contributed by atoms with E-state index >= 15 is 0 Å². The molecule has 0 aromatic heterocycles. The van der Waals surface area contributed by atoms with Gasteiger partial charge in [0.25, 0.3) is 0 Å². The van der Waals surface area contributed by atoms with Crippen molar-refractivity contribution in [2.24, 2.45) is 0 Å². The molecule has 2 heteroatoms. The lowest BCUT2D eigenvalue weighted by Gasteiger charge is -2.34. The van der Waals surface area contributed by atoms with Crippen molar-refractivity contribution in [2.75, 3.05) is 0 Å². The molecule has 1 aromatic rings. The van der Waals surface area contributed by atoms with E-state index in [1.54, 1.807) is 0 Å². The monoisotopic (exact) mass is 756 g/mol. The van der Waals surface area contributed by atoms with Crippen molar-refractivity contribution in [1.82, 2.24) is 0 Å². The van der Waals surface area contributed by atoms with Crippen LogP contribution >= 0.6 is 0 Å². The quantitative estimate of drug-likeness (QED) is 0.0384. The Morgan fingerprint density at radius 3 is 1.17 bits per heavy atom. The maximum atomic E-state index is 9.30. The minimum absolute atomic E-state index is 0.568. The van der Waals surface area contributed by atoms with Gasteiger partial charge in [0.1, 0.15) is 8.07 Å². The number of benzene rings is 1. The van der Waals surface area contributed by atoms with E-state index in [0.29, 0.717) is 17.5 Å². The highest BCUT2D eigenvalue weighted by Crippen LogP contribution is 2.37. The molecule has 0 fully saturated rings. The van der Waals surface area contributed by atoms with E-state index in [4.69, 9.17) is 6.42 Å². The van der Waals surface area contributed by atoms with E-state index in [-0.39, 0.29) is 0 Å². The van der Waals surface area contributed by atoms with Crippen LogP contribution in [0.25, 0.3) is 0 Å². The molecular weight excluding hydrogens is 667 g/mol. The molecule has 0 aliphatic carbocycles. The molecule has 0 spiro atoms. The number of aryl methyl sites for hydroxylation is 2. The van der Waals surface area contributed by atoms with Gasteiger partial charge in [-0.25, -0.2) is 0 Å². The first-order chi connectivity index (χ1) is 26.4. The van der Waals surface area contributed by atoms with Crippen LogP contribution in [-0.4, -0.2) is 8.07 Å². The summed E-state index contributed by atoms with van der Waals surface area (Å²) in [5.74, 6) is 6.93. The van der Waals surface area contributed by atoms with E-state index in [2.05, 4.69) is 77.1 Å². The Bertz CT molecular complexity index is 1180. The summed E-state index contributed by atoms with van der Waals surface area (Å²) < 4.78 is 0. The Labute approximate surface area is 340 Å². The van der Waals surface area contributed by atoms with E-state index in [9.17, 15) is 5.26 Å². The molecule has 54 heavy (non-hydrogen) atoms. The minimum Gasteiger partial charge on any atom is -0.198 e. The van der Waals surface area contributed by atoms with E-state index in [1.807, 2.05) is 0 Å². The predicted molar refractivity (Wildman–Crippen MR) is 245 cm³/mol. The number of nitrogens with zero attached hydrogens (tertiary/aromatic N) is 1. The summed E-state index contributed by atoms with van der Waals surface area (Å²) >= 11 is 0. The maximum absolute atomic E-state index is 9.30. The maximum Gasteiger partial charge on any atom is 0.143 e. The lowest BCUT2D eigenvalue weighted by atomic mass is 9.92. The first kappa shape index (κ1) is 50.1. The Morgan fingerprint density at radius 2 is 0.833 bits per heavy atom. The minimum atomic E-state index is -1.92. The molecule has 0 aliphatic rings. The second kappa shape index (κ2) is 34.3. The van der Waals surface area contributed by atoms with Crippen molar-refractivity contribution >= 4 is 8.07 Å². The number of terminal acetylenes is 1. The van der Waals surface area contributed by atoms with Crippen molar-refractivity contribution in [2.45, 2.75) is 264 Å². The lowest BCUT2D eigenvalue weighted by molar-refractivity contribution is 0.535. The molecule has 1 nitrogen and oxygen atoms in total. The molecule has 0 radical (unpaired) electrons. The highest BCUT2D eigenvalue weighted by molar-refractivity contribution is 6.89. The van der Waals surface area contributed by atoms with Gasteiger partial charge in [0.15, 0.2) is 0 Å². The molecule has 1 aromatic carbocycles. The third-order valence-electron chi connectivity index (χ3n) is 12.5. The molecule has 0 heterocycles. The fourth-order valence-electron chi connectivity index (χ4n) is 8.61. The SMILES string of the molecule is C#Cc1cc(CCCCCCCCCCCCCCCC)c(C#C[Si](CCCC#N)(C(C)C)C(C)C)cc1CCCCCCCCCCCCCCCC. The van der Waals surface area contributed by atoms with Crippen molar-refractivity contribution in [3.05, 3.63) is 34.4 Å². The van der Waals surface area contributed by atoms with Gasteiger partial charge in [0.05, 0.1) is 6.07 Å². The average molecular weight is 756 g/mol. The molecule has 0 unspecified atom stereocenters. The molecule has 0 saturated carbocycles. The van der Waals surface area contributed by atoms with E-state index in [0.717, 1.165) is 30.9 Å². The van der Waals surface area contributed by atoms with Gasteiger partial charge in [-0.1, -0.05) is 220 Å². The van der Waals surface area contributed by atoms with E-state index < -0.39 is 8.07 Å². The standard InChI is InChI=1S/C52H89NSi/c1-8-11-13-15-17-19-21-23-25-27-29-31-33-35-39-50-46-52(41-44-54(47(4)5,48(6)7)43-38-37-42-53)51(45-49(50)10-3)40-36-34-32-30-28-26-24-22-20-18-16-14-12-9-2/h3,45-48H,8-9,11-40,43H2,1-2,4-7H3. The van der Waals surface area contributed by atoms with Crippen LogP contribution < -0.4 is 0 Å². The van der Waals surface area contributed by atoms with Crippen LogP contribution in [0.4, 0.5) is 0 Å². The fourth-order valence-corrected chi connectivity index (χ4v) is 12.9. The largest absolute Gasteiger partial charge is 0.198 e. The van der Waals surface area contributed by atoms with E-state index in [1.165, 1.54) is 196 Å². The molecule has 0 saturated heterocycles. The number of rotatable bonds is 35. The van der Waals surface area contributed by atoms with Gasteiger partial charge >= 0.3 is 0 Å². The van der Waals surface area contributed by atoms with Gasteiger partial charge in [-0.3, -0.25) is 0 Å². The normalized spacial score (nSPS) is 11.5. The summed E-state index contributed by atoms with van der Waals surface area (Å²) in [4.78, 5) is 0. The van der Waals surface area contributed by atoms with Gasteiger partial charge in [-0.2, -0.15) is 5.26 Å². The van der Waals surface area contributed by atoms with Crippen LogP contribution in [0.5, 0.6) is 0 Å². The molecule has 0 bridgehead atoms. The Kier molecular flexibility index (Phi) is 31.8. The summed E-state index contributed by atoms with van der Waals surface area (Å²) in [6.45, 7) is 14.1. The predicted octanol–water partition coefficient (Wildman–Crippen LogP) is 17.2. The summed E-state index contributed by atoms with van der Waals surface area (Å²) in [5.41, 5.74) is 10.2. The van der Waals surface area contributed by atoms with Gasteiger partial charge in [-0.05, 0) is 72.5 Å². The first-order valence-corrected chi connectivity index (χ1v) is 26.2. The Balaban J connectivity index is 2.79. The van der Waals surface area contributed by atoms with Gasteiger partial charge in [0.2, 0.25) is 0 Å². The molecule has 0 N–H and O–H groups in total. The van der Waals surface area contributed by atoms with Crippen LogP contribution in [0.2, 0.25) is 17.1 Å². The molecular formula is C52H89NSi. The van der Waals surface area contributed by atoms with Crippen LogP contribution in [0.1, 0.15) is 256 Å². The zero-order valence-electron chi connectivity index (χ0n) is 37.2. The van der Waals surface area contributed by atoms with Gasteiger partial charge in [0, 0.05) is 17.5 Å². The number of nitriles is 1. The van der Waals surface area contributed by atoms with Crippen LogP contribution in [0.3, 0.4) is 0 Å². The third kappa shape index (κ3) is 23.2. The Hall–Kier alpha value is -1.95.